The van der Waals surface area contributed by atoms with Crippen LogP contribution < -0.4 is 5.32 Å². The van der Waals surface area contributed by atoms with Gasteiger partial charge in [-0.1, -0.05) is 285 Å². The molecule has 8 unspecified atom stereocenters. The van der Waals surface area contributed by atoms with Gasteiger partial charge in [0, 0.05) is 6.42 Å². The van der Waals surface area contributed by atoms with Gasteiger partial charge in [-0.2, -0.15) is 0 Å². The van der Waals surface area contributed by atoms with E-state index in [-0.39, 0.29) is 19.4 Å². The zero-order valence-electron chi connectivity index (χ0n) is 54.5. The van der Waals surface area contributed by atoms with Crippen LogP contribution in [0.1, 0.15) is 297 Å². The Morgan fingerprint density at radius 3 is 1.28 bits per heavy atom. The number of carbonyl (C=O) groups is 2. The number of ether oxygens (including phenoxy) is 3. The fourth-order valence-corrected chi connectivity index (χ4v) is 10.5. The zero-order chi connectivity index (χ0) is 61.7. The van der Waals surface area contributed by atoms with Crippen molar-refractivity contribution in [1.29, 1.82) is 0 Å². The van der Waals surface area contributed by atoms with E-state index in [1.54, 1.807) is 6.08 Å². The van der Waals surface area contributed by atoms with E-state index in [9.17, 15) is 35.1 Å². The Hall–Kier alpha value is -3.42. The molecule has 0 saturated carbocycles. The number of amides is 1. The number of nitrogens with one attached hydrogen (secondary N) is 1. The Bertz CT molecular complexity index is 1750. The van der Waals surface area contributed by atoms with Crippen molar-refractivity contribution in [3.63, 3.8) is 0 Å². The van der Waals surface area contributed by atoms with Gasteiger partial charge in [-0.25, -0.2) is 0 Å². The van der Waals surface area contributed by atoms with Gasteiger partial charge < -0.3 is 45.1 Å². The first-order valence-corrected chi connectivity index (χ1v) is 35.0. The lowest BCUT2D eigenvalue weighted by Gasteiger charge is -2.41. The van der Waals surface area contributed by atoms with Crippen molar-refractivity contribution in [2.24, 2.45) is 0 Å². The molecule has 0 aromatic carbocycles. The highest BCUT2D eigenvalue weighted by molar-refractivity contribution is 5.80. The zero-order valence-corrected chi connectivity index (χ0v) is 54.5. The van der Waals surface area contributed by atoms with E-state index in [2.05, 4.69) is 111 Å². The molecule has 85 heavy (non-hydrogen) atoms. The molecule has 0 aromatic rings. The molecule has 6 N–H and O–H groups in total. The van der Waals surface area contributed by atoms with E-state index in [0.29, 0.717) is 12.8 Å². The smallest absolute Gasteiger partial charge is 0.306 e. The number of hydrogen-bond donors (Lipinski definition) is 6. The van der Waals surface area contributed by atoms with Crippen molar-refractivity contribution in [3.05, 3.63) is 97.2 Å². The summed E-state index contributed by atoms with van der Waals surface area (Å²) >= 11 is 0. The highest BCUT2D eigenvalue weighted by Gasteiger charge is 2.47. The number of aliphatic hydroxyl groups excluding tert-OH is 5. The van der Waals surface area contributed by atoms with Crippen molar-refractivity contribution in [1.82, 2.24) is 5.32 Å². The van der Waals surface area contributed by atoms with Crippen LogP contribution in [0.15, 0.2) is 97.2 Å². The molecule has 8 atom stereocenters. The highest BCUT2D eigenvalue weighted by atomic mass is 16.7. The second kappa shape index (κ2) is 60.8. The monoisotopic (exact) mass is 1190 g/mol. The topological polar surface area (TPSA) is 175 Å². The van der Waals surface area contributed by atoms with E-state index in [1.165, 1.54) is 128 Å². The molecular weight excluding hydrogens is 1060 g/mol. The van der Waals surface area contributed by atoms with Gasteiger partial charge in [-0.3, -0.25) is 9.59 Å². The lowest BCUT2D eigenvalue weighted by molar-refractivity contribution is -0.305. The summed E-state index contributed by atoms with van der Waals surface area (Å²) in [5.41, 5.74) is 0. The fourth-order valence-electron chi connectivity index (χ4n) is 10.5. The lowest BCUT2D eigenvalue weighted by Crippen LogP contribution is -2.61. The molecule has 0 bridgehead atoms. The van der Waals surface area contributed by atoms with Crippen molar-refractivity contribution < 1.29 is 49.3 Å². The molecule has 0 aromatic heterocycles. The van der Waals surface area contributed by atoms with Crippen LogP contribution in [0.2, 0.25) is 0 Å². The average molecular weight is 1190 g/mol. The molecule has 1 amide bonds. The maximum atomic E-state index is 13.5. The molecule has 0 aliphatic carbocycles. The molecule has 1 rings (SSSR count). The molecule has 0 spiro atoms. The van der Waals surface area contributed by atoms with Gasteiger partial charge in [0.2, 0.25) is 5.91 Å². The van der Waals surface area contributed by atoms with Gasteiger partial charge >= 0.3 is 5.97 Å². The van der Waals surface area contributed by atoms with Crippen molar-refractivity contribution >= 4 is 11.9 Å². The van der Waals surface area contributed by atoms with E-state index in [4.69, 9.17) is 14.2 Å². The van der Waals surface area contributed by atoms with Crippen LogP contribution in [-0.4, -0.2) is 99.6 Å². The molecular formula is C74H129NO10. The van der Waals surface area contributed by atoms with Crippen molar-refractivity contribution in [2.45, 2.75) is 346 Å². The minimum atomic E-state index is -1.63. The molecule has 11 heteroatoms. The minimum Gasteiger partial charge on any atom is -0.454 e. The van der Waals surface area contributed by atoms with Crippen molar-refractivity contribution in [3.8, 4) is 0 Å². The highest BCUT2D eigenvalue weighted by Crippen LogP contribution is 2.26. The van der Waals surface area contributed by atoms with Gasteiger partial charge in [0.15, 0.2) is 12.4 Å². The Morgan fingerprint density at radius 1 is 0.471 bits per heavy atom. The number of hydrogen-bond acceptors (Lipinski definition) is 10. The van der Waals surface area contributed by atoms with E-state index < -0.39 is 67.4 Å². The van der Waals surface area contributed by atoms with Gasteiger partial charge in [0.25, 0.3) is 0 Å². The SMILES string of the molecule is CC/C=C\C/C=C\C/C=C\C/C=C\C/C=C\C/C=C\CCCCCCCCC(=O)OC1C(OCC(NC(=O)C(O)CCCCCCCCCC/C=C/CCCCCCCC)C(O)/C=C/CCCCCCCCCCCCC)OC(CO)C(O)C1O. The molecule has 1 aliphatic rings. The molecule has 1 saturated heterocycles. The van der Waals surface area contributed by atoms with Gasteiger partial charge in [-0.05, 0) is 103 Å². The third kappa shape index (κ3) is 48.2. The van der Waals surface area contributed by atoms with Gasteiger partial charge in [0.05, 0.1) is 25.4 Å². The maximum Gasteiger partial charge on any atom is 0.306 e. The van der Waals surface area contributed by atoms with E-state index >= 15 is 0 Å². The molecule has 1 fully saturated rings. The minimum absolute atomic E-state index is 0.102. The summed E-state index contributed by atoms with van der Waals surface area (Å²) in [5.74, 6) is -1.21. The second-order valence-corrected chi connectivity index (χ2v) is 23.9. The van der Waals surface area contributed by atoms with Crippen LogP contribution >= 0.6 is 0 Å². The largest absolute Gasteiger partial charge is 0.454 e. The average Bonchev–Trinajstić information content (AvgIpc) is 3.34. The summed E-state index contributed by atoms with van der Waals surface area (Å²) in [6.07, 6.45) is 71.5. The molecule has 11 nitrogen and oxygen atoms in total. The number of carbonyl (C=O) groups excluding carboxylic acids is 2. The Labute approximate surface area is 520 Å². The number of rotatable bonds is 59. The first-order chi connectivity index (χ1) is 41.7. The summed E-state index contributed by atoms with van der Waals surface area (Å²) < 4.78 is 17.7. The van der Waals surface area contributed by atoms with Crippen LogP contribution in [0, 0.1) is 0 Å². The Morgan fingerprint density at radius 2 is 0.847 bits per heavy atom. The van der Waals surface area contributed by atoms with Crippen LogP contribution in [-0.2, 0) is 23.8 Å². The number of aliphatic hydroxyl groups is 5. The first kappa shape index (κ1) is 79.6. The van der Waals surface area contributed by atoms with E-state index in [0.717, 1.165) is 122 Å². The second-order valence-electron chi connectivity index (χ2n) is 23.9. The fraction of sp³-hybridized carbons (Fsp3) is 0.757. The van der Waals surface area contributed by atoms with Crippen molar-refractivity contribution in [2.75, 3.05) is 13.2 Å². The van der Waals surface area contributed by atoms with Crippen LogP contribution in [0.4, 0.5) is 0 Å². The van der Waals surface area contributed by atoms with Crippen LogP contribution in [0.3, 0.4) is 0 Å². The predicted octanol–water partition coefficient (Wildman–Crippen LogP) is 17.8. The standard InChI is InChI=1S/C74H129NO10/c1-4-7-10-13-16-19-22-25-27-29-31-32-33-34-35-36-37-39-41-44-47-50-53-56-59-62-69(79)85-72-71(81)70(80)68(63-76)84-74(72)83-64-65(66(77)60-57-54-51-48-45-42-24-21-18-15-12-9-6-3)75-73(82)67(78)61-58-55-52-49-46-43-40-38-30-28-26-23-20-17-14-11-8-5-2/h7,10,16,19,25-28,31-32,34-35,37,39,57,60,65-68,70-72,74,76-78,80-81H,4-6,8-9,11-15,17-18,20-24,29-30,33,36,38,40-56,58-59,61-64H2,1-3H3,(H,75,82)/b10-7-,19-16-,27-25-,28-26+,32-31-,35-34-,39-37-,60-57+. The Balaban J connectivity index is 2.62. The summed E-state index contributed by atoms with van der Waals surface area (Å²) in [5, 5.41) is 57.2. The van der Waals surface area contributed by atoms with Gasteiger partial charge in [-0.15, -0.1) is 0 Å². The maximum absolute atomic E-state index is 13.5. The molecule has 1 heterocycles. The Kier molecular flexibility index (Phi) is 57.0. The molecule has 490 valence electrons. The van der Waals surface area contributed by atoms with Crippen LogP contribution in [0.25, 0.3) is 0 Å². The molecule has 0 radical (unpaired) electrons. The summed E-state index contributed by atoms with van der Waals surface area (Å²) in [4.78, 5) is 26.7. The summed E-state index contributed by atoms with van der Waals surface area (Å²) in [6.45, 7) is 5.69. The van der Waals surface area contributed by atoms with Crippen LogP contribution in [0.5, 0.6) is 0 Å². The summed E-state index contributed by atoms with van der Waals surface area (Å²) in [7, 11) is 0. The third-order valence-electron chi connectivity index (χ3n) is 16.0. The van der Waals surface area contributed by atoms with E-state index in [1.807, 2.05) is 6.08 Å². The molecule has 1 aliphatic heterocycles. The summed E-state index contributed by atoms with van der Waals surface area (Å²) in [6, 6.07) is -1.03. The number of allylic oxidation sites excluding steroid dienone is 15. The first-order valence-electron chi connectivity index (χ1n) is 35.0. The van der Waals surface area contributed by atoms with Gasteiger partial charge in [0.1, 0.15) is 24.4 Å². The lowest BCUT2D eigenvalue weighted by atomic mass is 9.99. The number of unbranched alkanes of at least 4 members (excludes halogenated alkanes) is 31. The normalized spacial score (nSPS) is 19.0. The quantitative estimate of drug-likeness (QED) is 0.0195. The third-order valence-corrected chi connectivity index (χ3v) is 16.0. The predicted molar refractivity (Wildman–Crippen MR) is 356 cm³/mol. The number of esters is 1.